The van der Waals surface area contributed by atoms with Gasteiger partial charge in [0.25, 0.3) is 0 Å². The largest absolute Gasteiger partial charge is 0.279 e. The molecule has 0 amide bonds. The summed E-state index contributed by atoms with van der Waals surface area (Å²) in [5.41, 5.74) is 4.78. The summed E-state index contributed by atoms with van der Waals surface area (Å²) in [5.74, 6) is 0. The van der Waals surface area contributed by atoms with Crippen LogP contribution in [0.2, 0.25) is 5.02 Å². The minimum absolute atomic E-state index is 0.695. The number of nitrogens with zero attached hydrogens (tertiary/aromatic N) is 1. The molecule has 2 aromatic rings. The lowest BCUT2D eigenvalue weighted by atomic mass is 10.2. The fourth-order valence-corrected chi connectivity index (χ4v) is 1.45. The fraction of sp³-hybridized carbons (Fsp3) is 0. The molecule has 1 N–H and O–H groups in total. The van der Waals surface area contributed by atoms with Crippen molar-refractivity contribution in [1.29, 1.82) is 0 Å². The molecular weight excluding hydrogens is 220 g/mol. The van der Waals surface area contributed by atoms with E-state index in [1.807, 2.05) is 54.6 Å². The maximum absolute atomic E-state index is 5.99. The number of benzene rings is 2. The fourth-order valence-electron chi connectivity index (χ4n) is 1.27. The third-order valence-electron chi connectivity index (χ3n) is 2.08. The van der Waals surface area contributed by atoms with Gasteiger partial charge in [-0.05, 0) is 18.2 Å². The molecule has 0 saturated heterocycles. The monoisotopic (exact) mass is 230 g/mol. The number of hydrogen-bond donors (Lipinski definition) is 1. The summed E-state index contributed by atoms with van der Waals surface area (Å²) in [7, 11) is 0. The van der Waals surface area contributed by atoms with Gasteiger partial charge in [0.05, 0.1) is 11.9 Å². The molecule has 0 fully saturated rings. The zero-order valence-electron chi connectivity index (χ0n) is 8.60. The topological polar surface area (TPSA) is 24.4 Å². The van der Waals surface area contributed by atoms with Crippen LogP contribution in [0.3, 0.4) is 0 Å². The van der Waals surface area contributed by atoms with Crippen LogP contribution in [0.25, 0.3) is 0 Å². The van der Waals surface area contributed by atoms with Gasteiger partial charge >= 0.3 is 0 Å². The molecule has 0 aliphatic carbocycles. The Labute approximate surface area is 99.6 Å². The minimum Gasteiger partial charge on any atom is -0.279 e. The number of hydrazone groups is 1. The Morgan fingerprint density at radius 1 is 0.938 bits per heavy atom. The summed E-state index contributed by atoms with van der Waals surface area (Å²) in [4.78, 5) is 0. The lowest BCUT2D eigenvalue weighted by Crippen LogP contribution is -1.90. The summed E-state index contributed by atoms with van der Waals surface area (Å²) in [6, 6.07) is 17.3. The number of rotatable bonds is 3. The number of anilines is 1. The van der Waals surface area contributed by atoms with Gasteiger partial charge in [0.1, 0.15) is 0 Å². The Bertz CT molecular complexity index is 480. The molecule has 0 heterocycles. The molecule has 16 heavy (non-hydrogen) atoms. The predicted octanol–water partition coefficient (Wildman–Crippen LogP) is 3.79. The van der Waals surface area contributed by atoms with Crippen LogP contribution in [0.1, 0.15) is 5.56 Å². The average molecular weight is 231 g/mol. The highest BCUT2D eigenvalue weighted by atomic mass is 35.5. The van der Waals surface area contributed by atoms with Gasteiger partial charge in [0, 0.05) is 10.6 Å². The van der Waals surface area contributed by atoms with Crippen molar-refractivity contribution < 1.29 is 0 Å². The van der Waals surface area contributed by atoms with E-state index >= 15 is 0 Å². The van der Waals surface area contributed by atoms with Crippen LogP contribution in [0, 0.1) is 0 Å². The number of hydrogen-bond acceptors (Lipinski definition) is 2. The van der Waals surface area contributed by atoms with Gasteiger partial charge in [-0.1, -0.05) is 48.0 Å². The van der Waals surface area contributed by atoms with E-state index in [1.165, 1.54) is 0 Å². The van der Waals surface area contributed by atoms with Crippen molar-refractivity contribution in [3.05, 3.63) is 65.2 Å². The summed E-state index contributed by atoms with van der Waals surface area (Å²) >= 11 is 5.99. The summed E-state index contributed by atoms with van der Waals surface area (Å²) in [5, 5.41) is 4.81. The number of halogens is 1. The molecule has 0 aliphatic heterocycles. The molecule has 0 saturated carbocycles. The molecule has 0 spiro atoms. The minimum atomic E-state index is 0.695. The maximum atomic E-state index is 5.99. The van der Waals surface area contributed by atoms with Gasteiger partial charge in [0.15, 0.2) is 0 Å². The van der Waals surface area contributed by atoms with E-state index in [2.05, 4.69) is 10.5 Å². The number of nitrogens with one attached hydrogen (secondary N) is 1. The van der Waals surface area contributed by atoms with E-state index in [1.54, 1.807) is 6.21 Å². The van der Waals surface area contributed by atoms with Gasteiger partial charge in [0.2, 0.25) is 0 Å². The maximum Gasteiger partial charge on any atom is 0.0561 e. The van der Waals surface area contributed by atoms with Crippen LogP contribution in [-0.2, 0) is 0 Å². The number of para-hydroxylation sites is 1. The first kappa shape index (κ1) is 10.7. The van der Waals surface area contributed by atoms with Crippen LogP contribution < -0.4 is 5.43 Å². The van der Waals surface area contributed by atoms with E-state index < -0.39 is 0 Å². The summed E-state index contributed by atoms with van der Waals surface area (Å²) in [6.45, 7) is 0. The molecule has 0 radical (unpaired) electrons. The molecule has 2 nitrogen and oxygen atoms in total. The van der Waals surface area contributed by atoms with Crippen molar-refractivity contribution in [2.45, 2.75) is 0 Å². The van der Waals surface area contributed by atoms with Gasteiger partial charge in [-0.2, -0.15) is 5.10 Å². The zero-order valence-corrected chi connectivity index (χ0v) is 9.35. The van der Waals surface area contributed by atoms with Crippen LogP contribution in [0.5, 0.6) is 0 Å². The van der Waals surface area contributed by atoms with Gasteiger partial charge in [-0.25, -0.2) is 0 Å². The quantitative estimate of drug-likeness (QED) is 0.630. The molecule has 0 aromatic heterocycles. The second-order valence-electron chi connectivity index (χ2n) is 3.26. The van der Waals surface area contributed by atoms with Crippen molar-refractivity contribution in [2.75, 3.05) is 5.43 Å². The summed E-state index contributed by atoms with van der Waals surface area (Å²) < 4.78 is 0. The van der Waals surface area contributed by atoms with Gasteiger partial charge in [-0.15, -0.1) is 0 Å². The Kier molecular flexibility index (Phi) is 3.57. The highest BCUT2D eigenvalue weighted by molar-refractivity contribution is 6.33. The van der Waals surface area contributed by atoms with Crippen molar-refractivity contribution in [3.8, 4) is 0 Å². The molecule has 2 rings (SSSR count). The zero-order chi connectivity index (χ0) is 11.2. The van der Waals surface area contributed by atoms with Gasteiger partial charge in [-0.3, -0.25) is 5.43 Å². The second-order valence-corrected chi connectivity index (χ2v) is 3.66. The Morgan fingerprint density at radius 2 is 1.62 bits per heavy atom. The van der Waals surface area contributed by atoms with Crippen LogP contribution in [0.15, 0.2) is 59.7 Å². The standard InChI is InChI=1S/C13H11ClN2/c14-13-9-5-4-6-11(13)10-15-16-12-7-2-1-3-8-12/h1-10,16H/b15-10+. The first-order valence-corrected chi connectivity index (χ1v) is 5.33. The summed E-state index contributed by atoms with van der Waals surface area (Å²) in [6.07, 6.45) is 1.70. The lowest BCUT2D eigenvalue weighted by molar-refractivity contribution is 1.35. The molecule has 0 unspecified atom stereocenters. The normalized spacial score (nSPS) is 10.6. The van der Waals surface area contributed by atoms with Crippen molar-refractivity contribution in [2.24, 2.45) is 5.10 Å². The van der Waals surface area contributed by atoms with Crippen LogP contribution in [-0.4, -0.2) is 6.21 Å². The molecule has 0 aliphatic rings. The van der Waals surface area contributed by atoms with E-state index in [4.69, 9.17) is 11.6 Å². The highest BCUT2D eigenvalue weighted by Gasteiger charge is 1.93. The third-order valence-corrected chi connectivity index (χ3v) is 2.42. The smallest absolute Gasteiger partial charge is 0.0561 e. The third kappa shape index (κ3) is 2.84. The Hall–Kier alpha value is -1.80. The SMILES string of the molecule is Clc1ccccc1/C=N/Nc1ccccc1. The van der Waals surface area contributed by atoms with E-state index in [9.17, 15) is 0 Å². The van der Waals surface area contributed by atoms with Crippen LogP contribution in [0.4, 0.5) is 5.69 Å². The lowest BCUT2D eigenvalue weighted by Gasteiger charge is -1.99. The van der Waals surface area contributed by atoms with Crippen molar-refractivity contribution in [3.63, 3.8) is 0 Å². The van der Waals surface area contributed by atoms with E-state index in [0.29, 0.717) is 5.02 Å². The molecule has 0 bridgehead atoms. The molecular formula is C13H11ClN2. The van der Waals surface area contributed by atoms with Crippen molar-refractivity contribution >= 4 is 23.5 Å². The predicted molar refractivity (Wildman–Crippen MR) is 69.1 cm³/mol. The Balaban J connectivity index is 2.03. The molecule has 2 aromatic carbocycles. The van der Waals surface area contributed by atoms with E-state index in [0.717, 1.165) is 11.3 Å². The highest BCUT2D eigenvalue weighted by Crippen LogP contribution is 2.12. The average Bonchev–Trinajstić information content (AvgIpc) is 2.33. The van der Waals surface area contributed by atoms with Crippen LogP contribution >= 0.6 is 11.6 Å². The van der Waals surface area contributed by atoms with Gasteiger partial charge < -0.3 is 0 Å². The first-order chi connectivity index (χ1) is 7.86. The van der Waals surface area contributed by atoms with E-state index in [-0.39, 0.29) is 0 Å². The Morgan fingerprint density at radius 3 is 2.38 bits per heavy atom. The first-order valence-electron chi connectivity index (χ1n) is 4.95. The molecule has 0 atom stereocenters. The second kappa shape index (κ2) is 5.33. The van der Waals surface area contributed by atoms with Crippen molar-refractivity contribution in [1.82, 2.24) is 0 Å². The molecule has 80 valence electrons. The molecule has 3 heteroatoms.